The van der Waals surface area contributed by atoms with Crippen LogP contribution in [0.4, 0.5) is 0 Å². The number of carbonyl (C=O) groups excluding carboxylic acids is 3. The van der Waals surface area contributed by atoms with Gasteiger partial charge in [-0.25, -0.2) is 0 Å². The summed E-state index contributed by atoms with van der Waals surface area (Å²) in [7, 11) is 0. The van der Waals surface area contributed by atoms with E-state index in [-0.39, 0.29) is 30.8 Å². The summed E-state index contributed by atoms with van der Waals surface area (Å²) >= 11 is 0. The predicted molar refractivity (Wildman–Crippen MR) is 98.0 cm³/mol. The number of benzene rings is 2. The molecule has 1 aliphatic rings. The Bertz CT molecular complexity index is 810. The number of amides is 3. The van der Waals surface area contributed by atoms with Crippen molar-refractivity contribution < 1.29 is 14.4 Å². The summed E-state index contributed by atoms with van der Waals surface area (Å²) in [5, 5.41) is 7.70. The molecule has 0 aromatic heterocycles. The van der Waals surface area contributed by atoms with Gasteiger partial charge >= 0.3 is 0 Å². The van der Waals surface area contributed by atoms with Crippen LogP contribution in [0.2, 0.25) is 0 Å². The molecule has 1 heterocycles. The second-order valence-corrected chi connectivity index (χ2v) is 6.28. The molecule has 3 rings (SSSR count). The van der Waals surface area contributed by atoms with E-state index in [4.69, 9.17) is 0 Å². The number of nitrogens with one attached hydrogen (secondary N) is 4. The predicted octanol–water partition coefficient (Wildman–Crippen LogP) is 0.398. The quantitative estimate of drug-likeness (QED) is 0.584. The van der Waals surface area contributed by atoms with E-state index in [1.165, 1.54) is 0 Å². The smallest absolute Gasteiger partial charge is 0.257 e. The third kappa shape index (κ3) is 4.58. The Hall–Kier alpha value is -2.93. The van der Waals surface area contributed by atoms with Crippen LogP contribution in [-0.4, -0.2) is 36.9 Å². The van der Waals surface area contributed by atoms with Gasteiger partial charge in [-0.2, -0.15) is 0 Å². The summed E-state index contributed by atoms with van der Waals surface area (Å²) < 4.78 is 0. The normalized spacial score (nSPS) is 16.2. The van der Waals surface area contributed by atoms with Gasteiger partial charge < -0.3 is 10.6 Å². The van der Waals surface area contributed by atoms with Crippen molar-refractivity contribution in [3.63, 3.8) is 0 Å². The summed E-state index contributed by atoms with van der Waals surface area (Å²) in [6, 6.07) is 13.4. The second-order valence-electron chi connectivity index (χ2n) is 6.28. The molecule has 3 amide bonds. The molecule has 0 spiro atoms. The monoisotopic (exact) mass is 354 g/mol. The van der Waals surface area contributed by atoms with Gasteiger partial charge in [0.15, 0.2) is 0 Å². The van der Waals surface area contributed by atoms with Gasteiger partial charge in [-0.15, -0.1) is 0 Å². The maximum Gasteiger partial charge on any atom is 0.257 e. The van der Waals surface area contributed by atoms with E-state index >= 15 is 0 Å². The Labute approximate surface area is 151 Å². The van der Waals surface area contributed by atoms with Crippen molar-refractivity contribution in [3.8, 4) is 0 Å². The van der Waals surface area contributed by atoms with Gasteiger partial charge in [0.05, 0.1) is 19.0 Å². The van der Waals surface area contributed by atoms with E-state index in [1.807, 2.05) is 42.5 Å². The van der Waals surface area contributed by atoms with E-state index in [2.05, 4.69) is 21.5 Å². The van der Waals surface area contributed by atoms with Gasteiger partial charge in [-0.1, -0.05) is 42.5 Å². The molecule has 4 N–H and O–H groups in total. The van der Waals surface area contributed by atoms with Crippen molar-refractivity contribution in [1.29, 1.82) is 0 Å². The topological polar surface area (TPSA) is 99.3 Å². The Morgan fingerprint density at radius 1 is 1.00 bits per heavy atom. The molecule has 1 atom stereocenters. The van der Waals surface area contributed by atoms with Gasteiger partial charge in [-0.3, -0.25) is 25.2 Å². The number of carbonyl (C=O) groups is 3. The minimum absolute atomic E-state index is 0.187. The highest BCUT2D eigenvalue weighted by Crippen LogP contribution is 2.18. The average Bonchev–Trinajstić information content (AvgIpc) is 3.19. The fraction of sp³-hybridized carbons (Fsp3) is 0.316. The van der Waals surface area contributed by atoms with Gasteiger partial charge in [0.1, 0.15) is 0 Å². The maximum absolute atomic E-state index is 12.1. The molecule has 2 aromatic carbocycles. The molecule has 1 aliphatic heterocycles. The zero-order valence-electron chi connectivity index (χ0n) is 14.4. The van der Waals surface area contributed by atoms with Crippen molar-refractivity contribution in [1.82, 2.24) is 21.5 Å². The van der Waals surface area contributed by atoms with Crippen LogP contribution in [0.25, 0.3) is 10.8 Å². The Morgan fingerprint density at radius 3 is 2.62 bits per heavy atom. The van der Waals surface area contributed by atoms with Gasteiger partial charge in [0, 0.05) is 0 Å². The van der Waals surface area contributed by atoms with Crippen molar-refractivity contribution in [3.05, 3.63) is 48.0 Å². The summed E-state index contributed by atoms with van der Waals surface area (Å²) in [6.07, 6.45) is 1.88. The number of rotatable bonds is 5. The first-order valence-corrected chi connectivity index (χ1v) is 8.69. The molecule has 2 aromatic rings. The number of fused-ring (bicyclic) bond motifs is 1. The van der Waals surface area contributed by atoms with Crippen molar-refractivity contribution in [2.45, 2.75) is 25.3 Å². The molecule has 1 saturated heterocycles. The summed E-state index contributed by atoms with van der Waals surface area (Å²) in [5.41, 5.74) is 5.59. The largest absolute Gasteiger partial charge is 0.347 e. The minimum atomic E-state index is -0.470. The van der Waals surface area contributed by atoms with Crippen LogP contribution in [0, 0.1) is 0 Å². The highest BCUT2D eigenvalue weighted by molar-refractivity contribution is 5.92. The molecule has 26 heavy (non-hydrogen) atoms. The zero-order valence-corrected chi connectivity index (χ0v) is 14.4. The van der Waals surface area contributed by atoms with Gasteiger partial charge in [0.25, 0.3) is 11.8 Å². The standard InChI is InChI=1S/C19H22N4O3/c24-17(11-14-7-3-6-13-5-1-2-8-15(13)14)21-12-18(25)22-23-19(26)16-9-4-10-20-16/h1-3,5-8,16,20H,4,9-12H2,(H,21,24)(H,22,25)(H,23,26). The summed E-state index contributed by atoms with van der Waals surface area (Å²) in [4.78, 5) is 35.7. The fourth-order valence-electron chi connectivity index (χ4n) is 3.03. The van der Waals surface area contributed by atoms with Crippen molar-refractivity contribution >= 4 is 28.5 Å². The van der Waals surface area contributed by atoms with Crippen LogP contribution in [-0.2, 0) is 20.8 Å². The van der Waals surface area contributed by atoms with Crippen LogP contribution in [0.15, 0.2) is 42.5 Å². The highest BCUT2D eigenvalue weighted by atomic mass is 16.2. The molecule has 1 fully saturated rings. The zero-order chi connectivity index (χ0) is 18.4. The third-order valence-corrected chi connectivity index (χ3v) is 4.38. The fourth-order valence-corrected chi connectivity index (χ4v) is 3.03. The second kappa shape index (κ2) is 8.44. The third-order valence-electron chi connectivity index (χ3n) is 4.38. The maximum atomic E-state index is 12.1. The van der Waals surface area contributed by atoms with E-state index in [0.29, 0.717) is 0 Å². The Kier molecular flexibility index (Phi) is 5.80. The van der Waals surface area contributed by atoms with Crippen molar-refractivity contribution in [2.24, 2.45) is 0 Å². The van der Waals surface area contributed by atoms with Crippen LogP contribution < -0.4 is 21.5 Å². The lowest BCUT2D eigenvalue weighted by Crippen LogP contribution is -2.51. The molecule has 1 unspecified atom stereocenters. The molecular weight excluding hydrogens is 332 g/mol. The molecule has 7 heteroatoms. The Balaban J connectivity index is 1.44. The van der Waals surface area contributed by atoms with Gasteiger partial charge in [0.2, 0.25) is 5.91 Å². The highest BCUT2D eigenvalue weighted by Gasteiger charge is 2.22. The number of hydrogen-bond donors (Lipinski definition) is 4. The van der Waals surface area contributed by atoms with Crippen molar-refractivity contribution in [2.75, 3.05) is 13.1 Å². The number of hydrazine groups is 1. The summed E-state index contributed by atoms with van der Waals surface area (Å²) in [5.74, 6) is -0.985. The lowest BCUT2D eigenvalue weighted by Gasteiger charge is -2.12. The Morgan fingerprint density at radius 2 is 1.81 bits per heavy atom. The molecule has 136 valence electrons. The van der Waals surface area contributed by atoms with E-state index in [9.17, 15) is 14.4 Å². The molecule has 7 nitrogen and oxygen atoms in total. The molecule has 0 aliphatic carbocycles. The first-order valence-electron chi connectivity index (χ1n) is 8.69. The van der Waals surface area contributed by atoms with E-state index < -0.39 is 5.91 Å². The lowest BCUT2D eigenvalue weighted by molar-refractivity contribution is -0.130. The molecular formula is C19H22N4O3. The lowest BCUT2D eigenvalue weighted by atomic mass is 10.0. The van der Waals surface area contributed by atoms with E-state index in [1.54, 1.807) is 0 Å². The first kappa shape index (κ1) is 17.9. The molecule has 0 bridgehead atoms. The van der Waals surface area contributed by atoms with Crippen LogP contribution in [0.3, 0.4) is 0 Å². The van der Waals surface area contributed by atoms with Crippen LogP contribution in [0.5, 0.6) is 0 Å². The minimum Gasteiger partial charge on any atom is -0.347 e. The molecule has 0 saturated carbocycles. The molecule has 0 radical (unpaired) electrons. The SMILES string of the molecule is O=C(Cc1cccc2ccccc12)NCC(=O)NNC(=O)C1CCCN1. The first-order chi connectivity index (χ1) is 12.6. The van der Waals surface area contributed by atoms with Crippen LogP contribution in [0.1, 0.15) is 18.4 Å². The number of hydrogen-bond acceptors (Lipinski definition) is 4. The van der Waals surface area contributed by atoms with Crippen LogP contribution >= 0.6 is 0 Å². The average molecular weight is 354 g/mol. The summed E-state index contributed by atoms with van der Waals surface area (Å²) in [6.45, 7) is 0.609. The van der Waals surface area contributed by atoms with Gasteiger partial charge in [-0.05, 0) is 35.7 Å². The van der Waals surface area contributed by atoms with E-state index in [0.717, 1.165) is 35.7 Å².